The second kappa shape index (κ2) is 7.38. The fourth-order valence-electron chi connectivity index (χ4n) is 2.37. The van der Waals surface area contributed by atoms with Crippen molar-refractivity contribution >= 4 is 17.7 Å². The highest BCUT2D eigenvalue weighted by Gasteiger charge is 2.38. The van der Waals surface area contributed by atoms with Gasteiger partial charge < -0.3 is 10.0 Å². The monoisotopic (exact) mass is 295 g/mol. The number of rotatable bonds is 7. The third-order valence-corrected chi connectivity index (χ3v) is 4.20. The van der Waals surface area contributed by atoms with Gasteiger partial charge in [-0.1, -0.05) is 32.9 Å². The Bertz CT molecular complexity index is 440. The third-order valence-electron chi connectivity index (χ3n) is 4.20. The summed E-state index contributed by atoms with van der Waals surface area (Å²) in [6.45, 7) is 6.11. The number of amides is 1. The maximum Gasteiger partial charge on any atom is 0.307 e. The predicted octanol–water partition coefficient (Wildman–Crippen LogP) is 2.40. The van der Waals surface area contributed by atoms with Crippen LogP contribution in [0.2, 0.25) is 0 Å². The first kappa shape index (κ1) is 17.4. The highest BCUT2D eigenvalue weighted by molar-refractivity contribution is 6.38. The van der Waals surface area contributed by atoms with Crippen molar-refractivity contribution in [1.29, 1.82) is 0 Å². The Hall–Kier alpha value is -1.65. The molecule has 21 heavy (non-hydrogen) atoms. The number of nitrogens with zero attached hydrogens (tertiary/aromatic N) is 1. The van der Waals surface area contributed by atoms with Gasteiger partial charge in [-0.2, -0.15) is 0 Å². The van der Waals surface area contributed by atoms with E-state index in [1.54, 1.807) is 30.9 Å². The largest absolute Gasteiger partial charge is 0.481 e. The number of hydrogen-bond acceptors (Lipinski definition) is 3. The van der Waals surface area contributed by atoms with Crippen LogP contribution >= 0.6 is 0 Å². The highest BCUT2D eigenvalue weighted by atomic mass is 16.4. The summed E-state index contributed by atoms with van der Waals surface area (Å²) in [7, 11) is 0. The zero-order valence-electron chi connectivity index (χ0n) is 13.1. The fourth-order valence-corrected chi connectivity index (χ4v) is 2.37. The predicted molar refractivity (Wildman–Crippen MR) is 79.8 cm³/mol. The molecule has 1 saturated heterocycles. The number of aliphatic carboxylic acids is 1. The van der Waals surface area contributed by atoms with E-state index in [1.165, 1.54) is 0 Å². The van der Waals surface area contributed by atoms with E-state index in [0.717, 1.165) is 12.8 Å². The molecule has 0 aromatic heterocycles. The standard InChI is InChI=1S/C16H25NO4/c1-4-16(2,3)14(20)15(21)17-11-7-9-12(17)8-5-6-10-13(18)19/h5-6,12H,4,7-11H2,1-3H3,(H,18,19). The molecule has 1 aliphatic rings. The summed E-state index contributed by atoms with van der Waals surface area (Å²) in [5, 5.41) is 8.57. The zero-order valence-corrected chi connectivity index (χ0v) is 13.1. The number of carbonyl (C=O) groups is 3. The summed E-state index contributed by atoms with van der Waals surface area (Å²) in [6.07, 6.45) is 6.38. The number of hydrogen-bond donors (Lipinski definition) is 1. The smallest absolute Gasteiger partial charge is 0.307 e. The Morgan fingerprint density at radius 2 is 1.95 bits per heavy atom. The first-order valence-corrected chi connectivity index (χ1v) is 7.51. The van der Waals surface area contributed by atoms with E-state index in [1.807, 2.05) is 6.92 Å². The van der Waals surface area contributed by atoms with Crippen LogP contribution in [0.15, 0.2) is 12.2 Å². The summed E-state index contributed by atoms with van der Waals surface area (Å²) >= 11 is 0. The van der Waals surface area contributed by atoms with Gasteiger partial charge in [-0.25, -0.2) is 0 Å². The molecule has 0 saturated carbocycles. The molecule has 0 bridgehead atoms. The van der Waals surface area contributed by atoms with Crippen molar-refractivity contribution in [1.82, 2.24) is 4.90 Å². The molecule has 0 aromatic rings. The zero-order chi connectivity index (χ0) is 16.0. The molecule has 1 amide bonds. The molecule has 0 spiro atoms. The van der Waals surface area contributed by atoms with E-state index in [9.17, 15) is 14.4 Å². The van der Waals surface area contributed by atoms with Crippen LogP contribution in [0.3, 0.4) is 0 Å². The van der Waals surface area contributed by atoms with Gasteiger partial charge in [0.1, 0.15) is 0 Å². The minimum atomic E-state index is -0.870. The van der Waals surface area contributed by atoms with Crippen LogP contribution in [-0.2, 0) is 14.4 Å². The van der Waals surface area contributed by atoms with Crippen LogP contribution in [0.5, 0.6) is 0 Å². The number of carboxylic acid groups (broad SMARTS) is 1. The van der Waals surface area contributed by atoms with Crippen molar-refractivity contribution in [3.63, 3.8) is 0 Å². The van der Waals surface area contributed by atoms with Crippen molar-refractivity contribution in [2.75, 3.05) is 6.54 Å². The summed E-state index contributed by atoms with van der Waals surface area (Å²) < 4.78 is 0. The van der Waals surface area contributed by atoms with Crippen molar-refractivity contribution in [2.24, 2.45) is 5.41 Å². The molecule has 118 valence electrons. The van der Waals surface area contributed by atoms with Gasteiger partial charge in [0.25, 0.3) is 5.91 Å². The molecule has 1 aliphatic heterocycles. The molecular formula is C16H25NO4. The average molecular weight is 295 g/mol. The Balaban J connectivity index is 2.64. The quantitative estimate of drug-likeness (QED) is 0.578. The average Bonchev–Trinajstić information content (AvgIpc) is 2.90. The van der Waals surface area contributed by atoms with Gasteiger partial charge in [0.15, 0.2) is 0 Å². The molecule has 0 radical (unpaired) electrons. The Morgan fingerprint density at radius 3 is 2.52 bits per heavy atom. The maximum absolute atomic E-state index is 12.4. The van der Waals surface area contributed by atoms with Gasteiger partial charge >= 0.3 is 5.97 Å². The van der Waals surface area contributed by atoms with Gasteiger partial charge in [0.05, 0.1) is 6.42 Å². The first-order valence-electron chi connectivity index (χ1n) is 7.51. The molecule has 1 heterocycles. The number of likely N-dealkylation sites (tertiary alicyclic amines) is 1. The van der Waals surface area contributed by atoms with Gasteiger partial charge in [-0.3, -0.25) is 14.4 Å². The molecule has 1 unspecified atom stereocenters. The lowest BCUT2D eigenvalue weighted by molar-refractivity contribution is -0.149. The SMILES string of the molecule is CCC(C)(C)C(=O)C(=O)N1CCCC1CC=CCC(=O)O. The Morgan fingerprint density at radius 1 is 1.29 bits per heavy atom. The van der Waals surface area contributed by atoms with E-state index < -0.39 is 17.3 Å². The second-order valence-electron chi connectivity index (χ2n) is 6.17. The number of carbonyl (C=O) groups excluding carboxylic acids is 2. The summed E-state index contributed by atoms with van der Waals surface area (Å²) in [6, 6.07) is 0.0131. The lowest BCUT2D eigenvalue weighted by Gasteiger charge is -2.27. The third kappa shape index (κ3) is 4.69. The molecule has 1 fully saturated rings. The molecule has 5 heteroatoms. The minimum absolute atomic E-state index is 0.0114. The van der Waals surface area contributed by atoms with Crippen molar-refractivity contribution < 1.29 is 19.5 Å². The van der Waals surface area contributed by atoms with Crippen LogP contribution in [-0.4, -0.2) is 40.3 Å². The molecule has 1 rings (SSSR count). The molecule has 1 atom stereocenters. The van der Waals surface area contributed by atoms with Crippen molar-refractivity contribution in [2.45, 2.75) is 58.9 Å². The second-order valence-corrected chi connectivity index (χ2v) is 6.17. The number of carboxylic acids is 1. The van der Waals surface area contributed by atoms with E-state index in [2.05, 4.69) is 0 Å². The molecular weight excluding hydrogens is 270 g/mol. The van der Waals surface area contributed by atoms with Gasteiger partial charge in [0, 0.05) is 18.0 Å². The van der Waals surface area contributed by atoms with Crippen molar-refractivity contribution in [3.8, 4) is 0 Å². The summed E-state index contributed by atoms with van der Waals surface area (Å²) in [5.41, 5.74) is -0.622. The minimum Gasteiger partial charge on any atom is -0.481 e. The lowest BCUT2D eigenvalue weighted by atomic mass is 9.84. The van der Waals surface area contributed by atoms with Crippen LogP contribution in [0.1, 0.15) is 52.9 Å². The lowest BCUT2D eigenvalue weighted by Crippen LogP contribution is -2.44. The number of ketones is 1. The topological polar surface area (TPSA) is 74.7 Å². The molecule has 5 nitrogen and oxygen atoms in total. The molecule has 1 N–H and O–H groups in total. The van der Waals surface area contributed by atoms with Crippen LogP contribution in [0.4, 0.5) is 0 Å². The van der Waals surface area contributed by atoms with E-state index in [4.69, 9.17) is 5.11 Å². The molecule has 0 aliphatic carbocycles. The fraction of sp³-hybridized carbons (Fsp3) is 0.688. The Labute approximate surface area is 126 Å². The maximum atomic E-state index is 12.4. The summed E-state index contributed by atoms with van der Waals surface area (Å²) in [4.78, 5) is 36.7. The van der Waals surface area contributed by atoms with E-state index in [-0.39, 0.29) is 18.2 Å². The van der Waals surface area contributed by atoms with Crippen LogP contribution < -0.4 is 0 Å². The van der Waals surface area contributed by atoms with E-state index >= 15 is 0 Å². The summed E-state index contributed by atoms with van der Waals surface area (Å²) in [5.74, 6) is -1.59. The number of Topliss-reactive ketones (excluding diaryl/α,β-unsaturated/α-hetero) is 1. The normalized spacial score (nSPS) is 19.2. The van der Waals surface area contributed by atoms with Gasteiger partial charge in [-0.15, -0.1) is 0 Å². The Kier molecular flexibility index (Phi) is 6.12. The van der Waals surface area contributed by atoms with Crippen LogP contribution in [0, 0.1) is 5.41 Å². The van der Waals surface area contributed by atoms with E-state index in [0.29, 0.717) is 19.4 Å². The molecule has 0 aromatic carbocycles. The highest BCUT2D eigenvalue weighted by Crippen LogP contribution is 2.26. The first-order chi connectivity index (χ1) is 9.79. The van der Waals surface area contributed by atoms with Crippen LogP contribution in [0.25, 0.3) is 0 Å². The van der Waals surface area contributed by atoms with Crippen molar-refractivity contribution in [3.05, 3.63) is 12.2 Å². The van der Waals surface area contributed by atoms with Gasteiger partial charge in [0.2, 0.25) is 5.78 Å². The van der Waals surface area contributed by atoms with Gasteiger partial charge in [-0.05, 0) is 25.7 Å².